The number of alkyl halides is 2. The van der Waals surface area contributed by atoms with Crippen LogP contribution in [0.15, 0.2) is 24.3 Å². The van der Waals surface area contributed by atoms with Crippen molar-refractivity contribution in [3.05, 3.63) is 35.4 Å². The van der Waals surface area contributed by atoms with E-state index < -0.39 is 18.0 Å². The summed E-state index contributed by atoms with van der Waals surface area (Å²) in [5.74, 6) is -6.67. The van der Waals surface area contributed by atoms with Crippen molar-refractivity contribution in [3.63, 3.8) is 0 Å². The van der Waals surface area contributed by atoms with E-state index in [0.717, 1.165) is 30.2 Å². The molecule has 0 bridgehead atoms. The second-order valence-corrected chi connectivity index (χ2v) is 5.76. The van der Waals surface area contributed by atoms with E-state index in [2.05, 4.69) is 0 Å². The molecule has 0 N–H and O–H groups in total. The number of halogens is 2. The van der Waals surface area contributed by atoms with Gasteiger partial charge in [-0.05, 0) is 36.0 Å². The molecule has 0 saturated carbocycles. The lowest BCUT2D eigenvalue weighted by atomic mass is 10.0. The number of benzene rings is 1. The van der Waals surface area contributed by atoms with E-state index in [-0.39, 0.29) is 9.95 Å². The van der Waals surface area contributed by atoms with Crippen LogP contribution in [-0.2, 0) is 16.0 Å². The number of thioether (sulfide) groups is 1. The maximum atomic E-state index is 13.8. The number of hydrogen-bond acceptors (Lipinski definition) is 5. The molecule has 0 fully saturated rings. The summed E-state index contributed by atoms with van der Waals surface area (Å²) < 4.78 is 32.4. The molecule has 0 radical (unpaired) electrons. The highest BCUT2D eigenvalue weighted by Gasteiger charge is 2.44. The van der Waals surface area contributed by atoms with E-state index in [4.69, 9.17) is 17.0 Å². The lowest BCUT2D eigenvalue weighted by molar-refractivity contribution is -0.336. The van der Waals surface area contributed by atoms with Gasteiger partial charge in [-0.1, -0.05) is 49.4 Å². The molecule has 1 aromatic rings. The van der Waals surface area contributed by atoms with Crippen LogP contribution in [0.5, 0.6) is 0 Å². The Hall–Kier alpha value is -1.21. The molecule has 3 nitrogen and oxygen atoms in total. The smallest absolute Gasteiger partial charge is 0.327 e. The second-order valence-electron chi connectivity index (χ2n) is 4.35. The van der Waals surface area contributed by atoms with Crippen molar-refractivity contribution in [1.29, 1.82) is 0 Å². The summed E-state index contributed by atoms with van der Waals surface area (Å²) in [4.78, 5) is 10.7. The average molecular weight is 333 g/mol. The number of hydrogen-bond donors (Lipinski definition) is 0. The molecule has 21 heavy (non-hydrogen) atoms. The van der Waals surface area contributed by atoms with Crippen molar-refractivity contribution < 1.29 is 23.4 Å². The van der Waals surface area contributed by atoms with Gasteiger partial charge < -0.3 is 14.6 Å². The van der Waals surface area contributed by atoms with Crippen molar-refractivity contribution in [3.8, 4) is 0 Å². The van der Waals surface area contributed by atoms with Gasteiger partial charge in [-0.3, -0.25) is 0 Å². The fraction of sp³-hybridized carbons (Fsp3) is 0.429. The Kier molecular flexibility index (Phi) is 6.54. The van der Waals surface area contributed by atoms with Crippen LogP contribution in [-0.4, -0.2) is 22.5 Å². The fourth-order valence-electron chi connectivity index (χ4n) is 1.75. The Balaban J connectivity index is 3.11. The van der Waals surface area contributed by atoms with Crippen LogP contribution in [0.1, 0.15) is 30.6 Å². The van der Waals surface area contributed by atoms with E-state index in [1.807, 2.05) is 6.92 Å². The summed E-state index contributed by atoms with van der Waals surface area (Å²) in [6.45, 7) is 2.00. The van der Waals surface area contributed by atoms with Crippen molar-refractivity contribution >= 4 is 34.3 Å². The van der Waals surface area contributed by atoms with E-state index >= 15 is 0 Å². The van der Waals surface area contributed by atoms with Crippen LogP contribution in [0.3, 0.4) is 0 Å². The summed E-state index contributed by atoms with van der Waals surface area (Å²) in [5.41, 5.74) is 1.02. The van der Waals surface area contributed by atoms with E-state index in [0.29, 0.717) is 0 Å². The molecular formula is C14H15F2O3S2-. The zero-order chi connectivity index (χ0) is 16.0. The van der Waals surface area contributed by atoms with Crippen molar-refractivity contribution in [2.24, 2.45) is 0 Å². The molecule has 1 unspecified atom stereocenters. The molecule has 0 heterocycles. The minimum absolute atomic E-state index is 0.0421. The number of aryl methyl sites for hydroxylation is 1. The van der Waals surface area contributed by atoms with Crippen LogP contribution in [0.2, 0.25) is 0 Å². The molecule has 116 valence electrons. The Morgan fingerprint density at radius 1 is 1.43 bits per heavy atom. The van der Waals surface area contributed by atoms with Crippen molar-refractivity contribution in [2.75, 3.05) is 6.26 Å². The number of aliphatic carboxylic acids is 1. The van der Waals surface area contributed by atoms with Gasteiger partial charge in [0.1, 0.15) is 5.97 Å². The minimum atomic E-state index is -4.17. The van der Waals surface area contributed by atoms with Crippen LogP contribution in [0, 0.1) is 0 Å². The van der Waals surface area contributed by atoms with Crippen LogP contribution < -0.4 is 5.11 Å². The molecule has 1 rings (SSSR count). The van der Waals surface area contributed by atoms with Crippen LogP contribution >= 0.6 is 24.0 Å². The highest BCUT2D eigenvalue weighted by atomic mass is 32.2. The summed E-state index contributed by atoms with van der Waals surface area (Å²) in [6, 6.07) is 6.19. The van der Waals surface area contributed by atoms with Gasteiger partial charge >= 0.3 is 5.92 Å². The molecule has 0 amide bonds. The predicted molar refractivity (Wildman–Crippen MR) is 80.3 cm³/mol. The Morgan fingerprint density at radius 3 is 2.43 bits per heavy atom. The summed E-state index contributed by atoms with van der Waals surface area (Å²) in [7, 11) is 0. The highest BCUT2D eigenvalue weighted by molar-refractivity contribution is 8.22. The maximum Gasteiger partial charge on any atom is 0.327 e. The minimum Gasteiger partial charge on any atom is -0.544 e. The first-order valence-electron chi connectivity index (χ1n) is 6.25. The normalized spacial score (nSPS) is 12.8. The van der Waals surface area contributed by atoms with Gasteiger partial charge in [-0.15, -0.1) is 0 Å². The number of thiocarbonyl (C=S) groups is 1. The molecular weight excluding hydrogens is 318 g/mol. The third kappa shape index (κ3) is 4.64. The fourth-order valence-corrected chi connectivity index (χ4v) is 2.04. The van der Waals surface area contributed by atoms with Crippen molar-refractivity contribution in [1.82, 2.24) is 0 Å². The first-order chi connectivity index (χ1) is 9.82. The Morgan fingerprint density at radius 2 is 2.00 bits per heavy atom. The summed E-state index contributed by atoms with van der Waals surface area (Å²) in [6.07, 6.45) is 1.29. The highest BCUT2D eigenvalue weighted by Crippen LogP contribution is 2.35. The quantitative estimate of drug-likeness (QED) is 0.749. The van der Waals surface area contributed by atoms with Gasteiger partial charge in [-0.25, -0.2) is 0 Å². The second kappa shape index (κ2) is 7.70. The SMILES string of the molecule is CCCc1ccc(C(OC(=S)SC)C(F)(F)C(=O)[O-])cc1. The first kappa shape index (κ1) is 17.8. The predicted octanol–water partition coefficient (Wildman–Crippen LogP) is 2.73. The zero-order valence-electron chi connectivity index (χ0n) is 11.6. The lowest BCUT2D eigenvalue weighted by Crippen LogP contribution is -2.46. The molecule has 0 aliphatic rings. The third-order valence-electron chi connectivity index (χ3n) is 2.80. The van der Waals surface area contributed by atoms with Gasteiger partial charge in [0, 0.05) is 0 Å². The zero-order valence-corrected chi connectivity index (χ0v) is 13.2. The standard InChI is InChI=1S/C14H16F2O3S2/c1-3-4-9-5-7-10(8-6-9)11(19-13(20)21-2)14(15,16)12(17)18/h5-8,11H,3-4H2,1-2H3,(H,17,18)/p-1. The Labute approximate surface area is 131 Å². The number of carboxylic acid groups (broad SMARTS) is 1. The molecule has 7 heteroatoms. The van der Waals surface area contributed by atoms with E-state index in [1.54, 1.807) is 18.4 Å². The molecule has 0 aliphatic carbocycles. The average Bonchev–Trinajstić information content (AvgIpc) is 2.45. The molecule has 0 aliphatic heterocycles. The number of rotatable bonds is 6. The first-order valence-corrected chi connectivity index (χ1v) is 7.88. The summed E-state index contributed by atoms with van der Waals surface area (Å²) >= 11 is 5.70. The Bertz CT molecular complexity index is 503. The monoisotopic (exact) mass is 333 g/mol. The topological polar surface area (TPSA) is 49.4 Å². The van der Waals surface area contributed by atoms with E-state index in [1.165, 1.54) is 12.1 Å². The van der Waals surface area contributed by atoms with Gasteiger partial charge in [0.15, 0.2) is 6.10 Å². The van der Waals surface area contributed by atoms with Crippen molar-refractivity contribution in [2.45, 2.75) is 31.8 Å². The van der Waals surface area contributed by atoms with Crippen LogP contribution in [0.4, 0.5) is 8.78 Å². The largest absolute Gasteiger partial charge is 0.544 e. The number of carbonyl (C=O) groups is 1. The van der Waals surface area contributed by atoms with Gasteiger partial charge in [0.2, 0.25) is 4.38 Å². The van der Waals surface area contributed by atoms with Crippen LogP contribution in [0.25, 0.3) is 0 Å². The number of carbonyl (C=O) groups excluding carboxylic acids is 1. The van der Waals surface area contributed by atoms with E-state index in [9.17, 15) is 18.7 Å². The third-order valence-corrected chi connectivity index (χ3v) is 3.83. The molecule has 1 aromatic carbocycles. The molecule has 1 atom stereocenters. The maximum absolute atomic E-state index is 13.8. The summed E-state index contributed by atoms with van der Waals surface area (Å²) in [5, 5.41) is 10.7. The molecule has 0 aromatic heterocycles. The van der Waals surface area contributed by atoms with Gasteiger partial charge in [0.05, 0.1) is 0 Å². The number of carboxylic acids is 1. The van der Waals surface area contributed by atoms with Gasteiger partial charge in [-0.2, -0.15) is 8.78 Å². The number of ether oxygens (including phenoxy) is 1. The lowest BCUT2D eigenvalue weighted by Gasteiger charge is -2.28. The molecule has 0 saturated heterocycles. The molecule has 0 spiro atoms. The van der Waals surface area contributed by atoms with Gasteiger partial charge in [0.25, 0.3) is 0 Å².